The summed E-state index contributed by atoms with van der Waals surface area (Å²) in [5, 5.41) is 9.10. The first kappa shape index (κ1) is 35.5. The van der Waals surface area contributed by atoms with Crippen molar-refractivity contribution in [2.75, 3.05) is 41.7 Å². The summed E-state index contributed by atoms with van der Waals surface area (Å²) in [4.78, 5) is 19.7. The minimum atomic E-state index is -1.45. The molecule has 0 radical (unpaired) electrons. The molecule has 0 aliphatic carbocycles. The Kier molecular flexibility index (Phi) is 12.0. The van der Waals surface area contributed by atoms with Crippen LogP contribution in [0.15, 0.2) is 94.4 Å². The molecule has 1 amide bonds. The van der Waals surface area contributed by atoms with Crippen molar-refractivity contribution in [3.8, 4) is 28.7 Å². The zero-order chi connectivity index (χ0) is 34.8. The van der Waals surface area contributed by atoms with E-state index in [4.69, 9.17) is 38.5 Å². The lowest BCUT2D eigenvalue weighted by atomic mass is 9.82. The number of halogens is 1. The molecular weight excluding hydrogens is 694 g/mol. The third kappa shape index (κ3) is 8.10. The highest BCUT2D eigenvalue weighted by Crippen LogP contribution is 2.44. The fourth-order valence-electron chi connectivity index (χ4n) is 5.59. The summed E-state index contributed by atoms with van der Waals surface area (Å²) in [6.07, 6.45) is -0.0898. The summed E-state index contributed by atoms with van der Waals surface area (Å²) in [5.74, 6) is 2.64. The van der Waals surface area contributed by atoms with Gasteiger partial charge in [0.05, 0.1) is 35.0 Å². The average Bonchev–Trinajstić information content (AvgIpc) is 3.53. The van der Waals surface area contributed by atoms with E-state index in [1.165, 1.54) is 0 Å². The van der Waals surface area contributed by atoms with E-state index >= 15 is 0 Å². The van der Waals surface area contributed by atoms with Crippen LogP contribution < -0.4 is 34.5 Å². The smallest absolute Gasteiger partial charge is 0.266 e. The van der Waals surface area contributed by atoms with Gasteiger partial charge in [-0.25, -0.2) is 10.4 Å². The van der Waals surface area contributed by atoms with Crippen molar-refractivity contribution in [3.05, 3.63) is 112 Å². The standard InChI is InChI=1S/C37H40BrN3O8/c1-44-29-11-7-10-26(21-29)34-37(22-27-9-5-6-12-30(27)38,40-35(49-34)25-13-15-28(16-14-25)48-18-8-17-42)36(43)41-39-23-24-19-31(45-2)33(47-4)32(20-24)46-3/h5-7,9-16,19-21,34,39,42H,8,17-18,22-23H2,1-4H3,(H,41,43)/t34-,37-/m0/s1. The van der Waals surface area contributed by atoms with Crippen LogP contribution in [0.1, 0.15) is 34.8 Å². The maximum atomic E-state index is 14.6. The molecule has 1 aliphatic rings. The lowest BCUT2D eigenvalue weighted by Crippen LogP contribution is -2.53. The zero-order valence-corrected chi connectivity index (χ0v) is 29.4. The van der Waals surface area contributed by atoms with Crippen LogP contribution in [0.25, 0.3) is 0 Å². The molecule has 12 heteroatoms. The van der Waals surface area contributed by atoms with Crippen LogP contribution in [0.5, 0.6) is 28.7 Å². The fourth-order valence-corrected chi connectivity index (χ4v) is 6.02. The molecule has 0 fully saturated rings. The highest BCUT2D eigenvalue weighted by Gasteiger charge is 2.53. The first-order chi connectivity index (χ1) is 23.8. The Hall–Kier alpha value is -4.78. The molecule has 4 aromatic carbocycles. The number of hydrogen-bond acceptors (Lipinski definition) is 10. The van der Waals surface area contributed by atoms with Crippen molar-refractivity contribution in [1.29, 1.82) is 0 Å². The summed E-state index contributed by atoms with van der Waals surface area (Å²) in [6.45, 7) is 0.684. The molecule has 0 spiro atoms. The third-order valence-electron chi connectivity index (χ3n) is 8.06. The molecule has 1 aliphatic heterocycles. The van der Waals surface area contributed by atoms with Crippen molar-refractivity contribution in [2.45, 2.75) is 31.0 Å². The molecule has 0 bridgehead atoms. The number of benzene rings is 4. The Morgan fingerprint density at radius 2 is 1.63 bits per heavy atom. The molecule has 258 valence electrons. The Labute approximate surface area is 294 Å². The lowest BCUT2D eigenvalue weighted by Gasteiger charge is -2.31. The monoisotopic (exact) mass is 733 g/mol. The maximum absolute atomic E-state index is 14.6. The van der Waals surface area contributed by atoms with Crippen molar-refractivity contribution in [2.24, 2.45) is 4.99 Å². The highest BCUT2D eigenvalue weighted by molar-refractivity contribution is 9.10. The van der Waals surface area contributed by atoms with Crippen LogP contribution in [0.2, 0.25) is 0 Å². The number of rotatable bonds is 16. The van der Waals surface area contributed by atoms with E-state index < -0.39 is 17.6 Å². The second-order valence-corrected chi connectivity index (χ2v) is 12.0. The van der Waals surface area contributed by atoms with Crippen LogP contribution in [0, 0.1) is 0 Å². The number of carbonyl (C=O) groups excluding carboxylic acids is 1. The minimum absolute atomic E-state index is 0.0490. The quantitative estimate of drug-likeness (QED) is 0.100. The van der Waals surface area contributed by atoms with Crippen molar-refractivity contribution in [1.82, 2.24) is 10.9 Å². The predicted octanol–water partition coefficient (Wildman–Crippen LogP) is 5.57. The van der Waals surface area contributed by atoms with Gasteiger partial charge in [-0.2, -0.15) is 0 Å². The number of nitrogens with zero attached hydrogens (tertiary/aromatic N) is 1. The second kappa shape index (κ2) is 16.6. The second-order valence-electron chi connectivity index (χ2n) is 11.2. The van der Waals surface area contributed by atoms with Gasteiger partial charge in [0.1, 0.15) is 11.5 Å². The molecule has 2 atom stereocenters. The number of aliphatic hydroxyl groups is 1. The average molecular weight is 735 g/mol. The summed E-state index contributed by atoms with van der Waals surface area (Å²) in [7, 11) is 6.23. The van der Waals surface area contributed by atoms with Gasteiger partial charge >= 0.3 is 0 Å². The molecule has 11 nitrogen and oxygen atoms in total. The maximum Gasteiger partial charge on any atom is 0.266 e. The number of carbonyl (C=O) groups is 1. The number of aliphatic imine (C=N–C) groups is 1. The van der Waals surface area contributed by atoms with Gasteiger partial charge in [-0.15, -0.1) is 0 Å². The number of amides is 1. The van der Waals surface area contributed by atoms with E-state index in [2.05, 4.69) is 26.8 Å². The Bertz CT molecular complexity index is 1740. The molecule has 0 saturated heterocycles. The van der Waals surface area contributed by atoms with Gasteiger partial charge in [0.2, 0.25) is 11.6 Å². The van der Waals surface area contributed by atoms with Crippen LogP contribution in [0.3, 0.4) is 0 Å². The number of hydrazine groups is 1. The number of nitrogens with one attached hydrogen (secondary N) is 2. The highest BCUT2D eigenvalue weighted by atomic mass is 79.9. The van der Waals surface area contributed by atoms with Crippen LogP contribution >= 0.6 is 15.9 Å². The Morgan fingerprint density at radius 3 is 2.29 bits per heavy atom. The van der Waals surface area contributed by atoms with Crippen LogP contribution in [-0.4, -0.2) is 64.1 Å². The van der Waals surface area contributed by atoms with E-state index in [1.54, 1.807) is 28.4 Å². The molecule has 3 N–H and O–H groups in total. The van der Waals surface area contributed by atoms with Crippen LogP contribution in [0.4, 0.5) is 0 Å². The van der Waals surface area contributed by atoms with E-state index in [-0.39, 0.29) is 19.6 Å². The first-order valence-electron chi connectivity index (χ1n) is 15.7. The number of methoxy groups -OCH3 is 4. The summed E-state index contributed by atoms with van der Waals surface area (Å²) in [6, 6.07) is 26.1. The van der Waals surface area contributed by atoms with Gasteiger partial charge in [0.25, 0.3) is 5.91 Å². The van der Waals surface area contributed by atoms with Gasteiger partial charge in [0.15, 0.2) is 23.1 Å². The van der Waals surface area contributed by atoms with E-state index in [9.17, 15) is 4.79 Å². The van der Waals surface area contributed by atoms with Crippen molar-refractivity contribution >= 4 is 27.7 Å². The number of hydrogen-bond donors (Lipinski definition) is 3. The first-order valence-corrected chi connectivity index (χ1v) is 16.4. The topological polar surface area (TPSA) is 129 Å². The fraction of sp³-hybridized carbons (Fsp3) is 0.297. The number of ether oxygens (including phenoxy) is 6. The largest absolute Gasteiger partial charge is 0.497 e. The molecule has 1 heterocycles. The predicted molar refractivity (Wildman–Crippen MR) is 189 cm³/mol. The van der Waals surface area contributed by atoms with E-state index in [1.807, 2.05) is 84.9 Å². The van der Waals surface area contributed by atoms with Crippen molar-refractivity contribution < 1.29 is 38.3 Å². The summed E-state index contributed by atoms with van der Waals surface area (Å²) < 4.78 is 35.2. The van der Waals surface area contributed by atoms with Gasteiger partial charge in [-0.3, -0.25) is 10.2 Å². The molecule has 4 aromatic rings. The van der Waals surface area contributed by atoms with Gasteiger partial charge in [-0.1, -0.05) is 46.3 Å². The lowest BCUT2D eigenvalue weighted by molar-refractivity contribution is -0.130. The molecule has 0 saturated carbocycles. The molecule has 49 heavy (non-hydrogen) atoms. The molecule has 5 rings (SSSR count). The Balaban J connectivity index is 1.53. The van der Waals surface area contributed by atoms with Gasteiger partial charge in [0, 0.05) is 36.0 Å². The van der Waals surface area contributed by atoms with Crippen LogP contribution in [-0.2, 0) is 22.5 Å². The van der Waals surface area contributed by atoms with Gasteiger partial charge in [-0.05, 0) is 71.3 Å². The Morgan fingerprint density at radius 1 is 0.898 bits per heavy atom. The normalized spacial score (nSPS) is 16.7. The van der Waals surface area contributed by atoms with Crippen molar-refractivity contribution in [3.63, 3.8) is 0 Å². The third-order valence-corrected chi connectivity index (χ3v) is 8.84. The van der Waals surface area contributed by atoms with Gasteiger partial charge < -0.3 is 33.5 Å². The molecule has 0 aromatic heterocycles. The van der Waals surface area contributed by atoms with E-state index in [0.29, 0.717) is 58.8 Å². The molecular formula is C37H40BrN3O8. The minimum Gasteiger partial charge on any atom is -0.497 e. The van der Waals surface area contributed by atoms with E-state index in [0.717, 1.165) is 15.6 Å². The molecule has 0 unspecified atom stereocenters. The summed E-state index contributed by atoms with van der Waals surface area (Å²) in [5.41, 5.74) is 7.59. The zero-order valence-electron chi connectivity index (χ0n) is 27.8. The number of aliphatic hydroxyl groups excluding tert-OH is 1. The SMILES string of the molecule is COc1cccc([C@@H]2OC(c3ccc(OCCCO)cc3)=N[C@]2(Cc2ccccc2Br)C(=O)NNCc2cc(OC)c(OC)c(OC)c2)c1. The summed E-state index contributed by atoms with van der Waals surface area (Å²) >= 11 is 3.67.